The molecule has 0 spiro atoms. The van der Waals surface area contributed by atoms with Crippen LogP contribution in [0.5, 0.6) is 0 Å². The van der Waals surface area contributed by atoms with Crippen LogP contribution in [0.1, 0.15) is 20.3 Å². The van der Waals surface area contributed by atoms with Gasteiger partial charge in [0, 0.05) is 30.2 Å². The molecule has 1 aromatic carbocycles. The molecule has 1 aromatic rings. The summed E-state index contributed by atoms with van der Waals surface area (Å²) in [7, 11) is -2.92. The number of nitrogens with zero attached hydrogens (tertiary/aromatic N) is 1. The number of nitrogens with two attached hydrogens (primary N) is 1. The highest BCUT2D eigenvalue weighted by molar-refractivity contribution is 7.91. The molecule has 0 aliphatic rings. The third-order valence-electron chi connectivity index (χ3n) is 2.84. The minimum Gasteiger partial charge on any atom is -0.399 e. The molecule has 0 saturated heterocycles. The topological polar surface area (TPSA) is 63.4 Å². The van der Waals surface area contributed by atoms with Crippen LogP contribution >= 0.6 is 0 Å². The van der Waals surface area contributed by atoms with Gasteiger partial charge in [-0.3, -0.25) is 0 Å². The van der Waals surface area contributed by atoms with Crippen LogP contribution in [0.25, 0.3) is 0 Å². The highest BCUT2D eigenvalue weighted by atomic mass is 32.2. The molecular formula is C13H22N2O2S. The van der Waals surface area contributed by atoms with Gasteiger partial charge in [-0.15, -0.1) is 0 Å². The Morgan fingerprint density at radius 1 is 1.22 bits per heavy atom. The first-order chi connectivity index (χ1) is 8.48. The molecule has 18 heavy (non-hydrogen) atoms. The van der Waals surface area contributed by atoms with Gasteiger partial charge < -0.3 is 10.6 Å². The lowest BCUT2D eigenvalue weighted by molar-refractivity contribution is 0.595. The average molecular weight is 270 g/mol. The van der Waals surface area contributed by atoms with Crippen molar-refractivity contribution < 1.29 is 8.42 Å². The van der Waals surface area contributed by atoms with Crippen molar-refractivity contribution in [2.24, 2.45) is 0 Å². The van der Waals surface area contributed by atoms with Crippen molar-refractivity contribution in [3.63, 3.8) is 0 Å². The zero-order valence-corrected chi connectivity index (χ0v) is 11.9. The fraction of sp³-hybridized carbons (Fsp3) is 0.538. The van der Waals surface area contributed by atoms with Gasteiger partial charge in [-0.2, -0.15) is 0 Å². The van der Waals surface area contributed by atoms with Crippen molar-refractivity contribution in [3.8, 4) is 0 Å². The maximum atomic E-state index is 11.6. The fourth-order valence-corrected chi connectivity index (χ4v) is 2.54. The summed E-state index contributed by atoms with van der Waals surface area (Å²) in [6, 6.07) is 7.57. The molecule has 0 atom stereocenters. The Bertz CT molecular complexity index is 472. The van der Waals surface area contributed by atoms with Crippen molar-refractivity contribution in [2.45, 2.75) is 20.3 Å². The van der Waals surface area contributed by atoms with Crippen molar-refractivity contribution in [2.75, 3.05) is 35.2 Å². The first kappa shape index (κ1) is 14.8. The van der Waals surface area contributed by atoms with Gasteiger partial charge in [0.25, 0.3) is 0 Å². The lowest BCUT2D eigenvalue weighted by Gasteiger charge is -2.24. The number of anilines is 2. The first-order valence-electron chi connectivity index (χ1n) is 6.29. The molecule has 1 rings (SSSR count). The lowest BCUT2D eigenvalue weighted by atomic mass is 10.2. The van der Waals surface area contributed by atoms with Crippen molar-refractivity contribution >= 4 is 21.2 Å². The predicted molar refractivity (Wildman–Crippen MR) is 77.7 cm³/mol. The highest BCUT2D eigenvalue weighted by Crippen LogP contribution is 2.17. The molecule has 0 heterocycles. The Labute approximate surface area is 110 Å². The van der Waals surface area contributed by atoms with E-state index >= 15 is 0 Å². The Morgan fingerprint density at radius 3 is 2.50 bits per heavy atom. The van der Waals surface area contributed by atoms with Crippen molar-refractivity contribution in [1.82, 2.24) is 0 Å². The van der Waals surface area contributed by atoms with Crippen LogP contribution in [0.15, 0.2) is 24.3 Å². The molecule has 0 bridgehead atoms. The third kappa shape index (κ3) is 4.56. The summed E-state index contributed by atoms with van der Waals surface area (Å²) in [5.74, 6) is 0.391. The van der Waals surface area contributed by atoms with Crippen LogP contribution in [-0.2, 0) is 9.84 Å². The molecule has 0 aliphatic heterocycles. The van der Waals surface area contributed by atoms with E-state index in [1.807, 2.05) is 24.3 Å². The SMILES string of the molecule is CCCN(CCS(=O)(=O)CC)c1cccc(N)c1. The highest BCUT2D eigenvalue weighted by Gasteiger charge is 2.12. The van der Waals surface area contributed by atoms with Crippen LogP contribution < -0.4 is 10.6 Å². The third-order valence-corrected chi connectivity index (χ3v) is 4.53. The van der Waals surface area contributed by atoms with Gasteiger partial charge in [-0.1, -0.05) is 19.9 Å². The second-order valence-electron chi connectivity index (χ2n) is 4.32. The summed E-state index contributed by atoms with van der Waals surface area (Å²) in [4.78, 5) is 2.07. The molecule has 2 N–H and O–H groups in total. The van der Waals surface area contributed by atoms with Gasteiger partial charge in [0.15, 0.2) is 9.84 Å². The minimum atomic E-state index is -2.92. The van der Waals surface area contributed by atoms with E-state index in [0.717, 1.165) is 18.7 Å². The van der Waals surface area contributed by atoms with Gasteiger partial charge in [0.1, 0.15) is 0 Å². The molecule has 5 heteroatoms. The van der Waals surface area contributed by atoms with E-state index in [2.05, 4.69) is 11.8 Å². The van der Waals surface area contributed by atoms with Crippen molar-refractivity contribution in [1.29, 1.82) is 0 Å². The second kappa shape index (κ2) is 6.64. The average Bonchev–Trinajstić information content (AvgIpc) is 2.34. The standard InChI is InChI=1S/C13H22N2O2S/c1-3-8-15(9-10-18(16,17)4-2)13-7-5-6-12(14)11-13/h5-7,11H,3-4,8-10,14H2,1-2H3. The number of sulfone groups is 1. The summed E-state index contributed by atoms with van der Waals surface area (Å²) >= 11 is 0. The summed E-state index contributed by atoms with van der Waals surface area (Å²) in [6.45, 7) is 5.11. The monoisotopic (exact) mass is 270 g/mol. The van der Waals surface area contributed by atoms with Crippen LogP contribution in [0, 0.1) is 0 Å². The molecule has 102 valence electrons. The van der Waals surface area contributed by atoms with Crippen molar-refractivity contribution in [3.05, 3.63) is 24.3 Å². The van der Waals surface area contributed by atoms with E-state index in [0.29, 0.717) is 12.2 Å². The predicted octanol–water partition coefficient (Wildman–Crippen LogP) is 1.92. The van der Waals surface area contributed by atoms with Crippen LogP contribution in [0.4, 0.5) is 11.4 Å². The Kier molecular flexibility index (Phi) is 5.47. The van der Waals surface area contributed by atoms with Gasteiger partial charge in [0.2, 0.25) is 0 Å². The molecule has 0 aliphatic carbocycles. The molecule has 4 nitrogen and oxygen atoms in total. The van der Waals surface area contributed by atoms with Crippen LogP contribution in [0.2, 0.25) is 0 Å². The molecule has 0 radical (unpaired) electrons. The minimum absolute atomic E-state index is 0.193. The number of benzene rings is 1. The summed E-state index contributed by atoms with van der Waals surface area (Å²) < 4.78 is 23.1. The molecule has 0 amide bonds. The second-order valence-corrected chi connectivity index (χ2v) is 6.79. The van der Waals surface area contributed by atoms with E-state index in [9.17, 15) is 8.42 Å². The smallest absolute Gasteiger partial charge is 0.151 e. The molecule has 0 saturated carbocycles. The van der Waals surface area contributed by atoms with E-state index in [1.165, 1.54) is 0 Å². The summed E-state index contributed by atoms with van der Waals surface area (Å²) in [6.07, 6.45) is 0.973. The Morgan fingerprint density at radius 2 is 1.94 bits per heavy atom. The van der Waals surface area contributed by atoms with Gasteiger partial charge in [-0.05, 0) is 24.6 Å². The van der Waals surface area contributed by atoms with Gasteiger partial charge in [-0.25, -0.2) is 8.42 Å². The molecule has 0 unspecified atom stereocenters. The van der Waals surface area contributed by atoms with E-state index in [1.54, 1.807) is 6.92 Å². The number of hydrogen-bond acceptors (Lipinski definition) is 4. The summed E-state index contributed by atoms with van der Waals surface area (Å²) in [5, 5.41) is 0. The molecule has 0 fully saturated rings. The van der Waals surface area contributed by atoms with Gasteiger partial charge in [0.05, 0.1) is 5.75 Å². The normalized spacial score (nSPS) is 11.4. The maximum Gasteiger partial charge on any atom is 0.151 e. The van der Waals surface area contributed by atoms with Gasteiger partial charge >= 0.3 is 0 Å². The zero-order chi connectivity index (χ0) is 13.6. The molecular weight excluding hydrogens is 248 g/mol. The maximum absolute atomic E-state index is 11.6. The van der Waals surface area contributed by atoms with E-state index in [4.69, 9.17) is 5.73 Å². The van der Waals surface area contributed by atoms with Crippen LogP contribution in [0.3, 0.4) is 0 Å². The summed E-state index contributed by atoms with van der Waals surface area (Å²) in [5.41, 5.74) is 7.45. The number of nitrogen functional groups attached to an aromatic ring is 1. The quantitative estimate of drug-likeness (QED) is 0.769. The van der Waals surface area contributed by atoms with E-state index in [-0.39, 0.29) is 11.5 Å². The fourth-order valence-electron chi connectivity index (χ4n) is 1.76. The lowest BCUT2D eigenvalue weighted by Crippen LogP contribution is -2.30. The Balaban J connectivity index is 2.77. The largest absolute Gasteiger partial charge is 0.399 e. The Hall–Kier alpha value is -1.23. The molecule has 0 aromatic heterocycles. The van der Waals surface area contributed by atoms with Crippen LogP contribution in [-0.4, -0.2) is 33.0 Å². The number of hydrogen-bond donors (Lipinski definition) is 1. The van der Waals surface area contributed by atoms with E-state index < -0.39 is 9.84 Å². The zero-order valence-electron chi connectivity index (χ0n) is 11.1. The first-order valence-corrected chi connectivity index (χ1v) is 8.11. The number of rotatable bonds is 7.